The molecule has 0 unspecified atom stereocenters. The van der Waals surface area contributed by atoms with Crippen LogP contribution in [0.2, 0.25) is 0 Å². The zero-order valence-corrected chi connectivity index (χ0v) is 11.5. The van der Waals surface area contributed by atoms with Gasteiger partial charge in [0.1, 0.15) is 4.43 Å². The third-order valence-electron chi connectivity index (χ3n) is 2.04. The molecule has 0 saturated carbocycles. The smallest absolute Gasteiger partial charge is 0.0619 e. The molecule has 78 valence electrons. The van der Waals surface area contributed by atoms with Crippen LogP contribution in [0.1, 0.15) is 33.6 Å². The summed E-state index contributed by atoms with van der Waals surface area (Å²) in [6.45, 7) is 6.98. The maximum Gasteiger partial charge on any atom is 0.313 e. The van der Waals surface area contributed by atoms with Crippen molar-refractivity contribution in [2.24, 2.45) is 5.41 Å². The number of hydrogen-bond acceptors (Lipinski definition) is 0. The second-order valence-corrected chi connectivity index (χ2v) is 7.87. The molecule has 0 nitrogen and oxygen atoms in total. The first-order valence-corrected chi connectivity index (χ1v) is 7.82. The second-order valence-electron chi connectivity index (χ2n) is 4.78. The highest BCUT2D eigenvalue weighted by Crippen LogP contribution is 2.19. The van der Waals surface area contributed by atoms with Crippen LogP contribution < -0.4 is 21.2 Å². The van der Waals surface area contributed by atoms with Gasteiger partial charge in [0.25, 0.3) is 0 Å². The molecule has 0 saturated heterocycles. The van der Waals surface area contributed by atoms with E-state index in [4.69, 9.17) is 0 Å². The second kappa shape index (κ2) is 5.74. The summed E-state index contributed by atoms with van der Waals surface area (Å²) in [5.74, 6) is 0. The van der Waals surface area contributed by atoms with Gasteiger partial charge in [-0.1, -0.05) is 39.0 Å². The molecule has 1 aromatic rings. The van der Waals surface area contributed by atoms with Gasteiger partial charge in [-0.25, -0.2) is 0 Å². The first-order chi connectivity index (χ1) is 6.58. The van der Waals surface area contributed by atoms with Crippen molar-refractivity contribution in [3.63, 3.8) is 0 Å². The highest BCUT2D eigenvalue weighted by atomic mass is 127. The van der Waals surface area contributed by atoms with Gasteiger partial charge in [0.15, 0.2) is 3.57 Å². The van der Waals surface area contributed by atoms with Crippen LogP contribution in [0.5, 0.6) is 0 Å². The van der Waals surface area contributed by atoms with Crippen LogP contribution in [0, 0.1) is 8.99 Å². The normalized spacial score (nSPS) is 11.6. The van der Waals surface area contributed by atoms with Gasteiger partial charge in [0, 0.05) is 0 Å². The molecular weight excluding hydrogens is 283 g/mol. The van der Waals surface area contributed by atoms with Gasteiger partial charge >= 0.3 is 21.2 Å². The van der Waals surface area contributed by atoms with E-state index in [-0.39, 0.29) is 21.2 Å². The molecule has 0 aliphatic rings. The summed E-state index contributed by atoms with van der Waals surface area (Å²) in [6.07, 6.45) is 2.76. The monoisotopic (exact) mass is 303 g/mol. The van der Waals surface area contributed by atoms with Gasteiger partial charge in [0.2, 0.25) is 0 Å². The van der Waals surface area contributed by atoms with Gasteiger partial charge in [-0.15, -0.1) is 0 Å². The molecule has 0 aliphatic carbocycles. The average Bonchev–Trinajstić information content (AvgIpc) is 2.13. The summed E-state index contributed by atoms with van der Waals surface area (Å²) < 4.78 is 3.01. The Bertz CT molecular complexity index is 246. The quantitative estimate of drug-likeness (QED) is 0.438. The first-order valence-electron chi connectivity index (χ1n) is 5.22. The number of rotatable bonds is 4. The van der Waals surface area contributed by atoms with Crippen LogP contribution in [0.4, 0.5) is 0 Å². The van der Waals surface area contributed by atoms with E-state index in [2.05, 4.69) is 51.1 Å². The Morgan fingerprint density at radius 1 is 1.07 bits per heavy atom. The molecule has 0 aliphatic heterocycles. The lowest BCUT2D eigenvalue weighted by atomic mass is 9.91. The minimum Gasteiger partial charge on any atom is -0.0619 e. The van der Waals surface area contributed by atoms with Crippen molar-refractivity contribution in [3.05, 3.63) is 33.9 Å². The Morgan fingerprint density at radius 2 is 1.71 bits per heavy atom. The lowest BCUT2D eigenvalue weighted by Crippen LogP contribution is -3.62. The summed E-state index contributed by atoms with van der Waals surface area (Å²) in [5, 5.41) is 0. The lowest BCUT2D eigenvalue weighted by Gasteiger charge is -2.15. The third-order valence-corrected chi connectivity index (χ3v) is 4.94. The molecule has 0 fully saturated rings. The number of alkyl halides is 1. The van der Waals surface area contributed by atoms with Crippen molar-refractivity contribution in [1.29, 1.82) is 0 Å². The van der Waals surface area contributed by atoms with Crippen molar-refractivity contribution in [3.8, 4) is 0 Å². The molecule has 0 heterocycles. The molecule has 14 heavy (non-hydrogen) atoms. The van der Waals surface area contributed by atoms with Crippen molar-refractivity contribution < 1.29 is 21.2 Å². The lowest BCUT2D eigenvalue weighted by molar-refractivity contribution is -0.627. The van der Waals surface area contributed by atoms with Gasteiger partial charge in [-0.05, 0) is 30.4 Å². The molecular formula is C13H20I+. The fourth-order valence-electron chi connectivity index (χ4n) is 1.28. The standard InChI is InChI=1S/C13H20I/c1-13(2,3)10-7-11-14-12-8-5-4-6-9-12/h4-6,8-9H,7,10-11H2,1-3H3/q+1. The molecule has 0 amide bonds. The van der Waals surface area contributed by atoms with Crippen LogP contribution in [0.15, 0.2) is 30.3 Å². The van der Waals surface area contributed by atoms with E-state index in [1.165, 1.54) is 17.3 Å². The van der Waals surface area contributed by atoms with Gasteiger partial charge < -0.3 is 0 Å². The van der Waals surface area contributed by atoms with Crippen molar-refractivity contribution in [2.45, 2.75) is 33.6 Å². The summed E-state index contributed by atoms with van der Waals surface area (Å²) in [6, 6.07) is 10.9. The Kier molecular flexibility index (Phi) is 4.93. The number of halogens is 1. The van der Waals surface area contributed by atoms with Crippen molar-refractivity contribution in [2.75, 3.05) is 4.43 Å². The molecule has 0 N–H and O–H groups in total. The molecule has 0 bridgehead atoms. The minimum absolute atomic E-state index is 0.272. The summed E-state index contributed by atoms with van der Waals surface area (Å²) in [4.78, 5) is 0. The minimum atomic E-state index is 0.272. The highest BCUT2D eigenvalue weighted by molar-refractivity contribution is 4.98. The fourth-order valence-corrected chi connectivity index (χ4v) is 3.59. The van der Waals surface area contributed by atoms with Crippen LogP contribution >= 0.6 is 0 Å². The zero-order chi connectivity index (χ0) is 10.4. The molecule has 1 heteroatoms. The molecule has 1 aromatic carbocycles. The summed E-state index contributed by atoms with van der Waals surface area (Å²) in [7, 11) is 0. The van der Waals surface area contributed by atoms with E-state index in [1.807, 2.05) is 0 Å². The summed E-state index contributed by atoms with van der Waals surface area (Å²) in [5.41, 5.74) is 0.514. The molecule has 0 spiro atoms. The van der Waals surface area contributed by atoms with E-state index in [9.17, 15) is 0 Å². The molecule has 0 atom stereocenters. The maximum absolute atomic E-state index is 2.33. The van der Waals surface area contributed by atoms with Gasteiger partial charge in [0.05, 0.1) is 0 Å². The third kappa shape index (κ3) is 5.63. The highest BCUT2D eigenvalue weighted by Gasteiger charge is 2.14. The molecule has 0 aromatic heterocycles. The van der Waals surface area contributed by atoms with Crippen LogP contribution in [0.3, 0.4) is 0 Å². The van der Waals surface area contributed by atoms with E-state index in [1.54, 1.807) is 3.57 Å². The summed E-state index contributed by atoms with van der Waals surface area (Å²) >= 11 is 0.272. The van der Waals surface area contributed by atoms with Gasteiger partial charge in [-0.3, -0.25) is 0 Å². The van der Waals surface area contributed by atoms with E-state index in [0.29, 0.717) is 5.41 Å². The largest absolute Gasteiger partial charge is 0.313 e. The van der Waals surface area contributed by atoms with E-state index < -0.39 is 0 Å². The number of benzene rings is 1. The van der Waals surface area contributed by atoms with E-state index in [0.717, 1.165) is 0 Å². The Balaban J connectivity index is 2.17. The van der Waals surface area contributed by atoms with Crippen LogP contribution in [0.25, 0.3) is 0 Å². The van der Waals surface area contributed by atoms with Crippen LogP contribution in [-0.4, -0.2) is 4.43 Å². The molecule has 0 radical (unpaired) electrons. The van der Waals surface area contributed by atoms with Crippen molar-refractivity contribution in [1.82, 2.24) is 0 Å². The predicted octanol–water partition coefficient (Wildman–Crippen LogP) is 0.772. The Morgan fingerprint density at radius 3 is 2.29 bits per heavy atom. The predicted molar refractivity (Wildman–Crippen MR) is 58.7 cm³/mol. The van der Waals surface area contributed by atoms with Gasteiger partial charge in [-0.2, -0.15) is 0 Å². The Labute approximate surface area is 98.4 Å². The zero-order valence-electron chi connectivity index (χ0n) is 9.39. The first kappa shape index (κ1) is 12.0. The topological polar surface area (TPSA) is 0 Å². The number of hydrogen-bond donors (Lipinski definition) is 0. The van der Waals surface area contributed by atoms with E-state index >= 15 is 0 Å². The average molecular weight is 303 g/mol. The fraction of sp³-hybridized carbons (Fsp3) is 0.538. The SMILES string of the molecule is CC(C)(C)CCC[I+]c1ccccc1. The maximum atomic E-state index is 2.33. The Hall–Kier alpha value is -0.0500. The van der Waals surface area contributed by atoms with Crippen LogP contribution in [-0.2, 0) is 0 Å². The molecule has 1 rings (SSSR count). The van der Waals surface area contributed by atoms with Crippen molar-refractivity contribution >= 4 is 0 Å².